The zero-order valence-electron chi connectivity index (χ0n) is 5.94. The molecule has 0 spiro atoms. The van der Waals surface area contributed by atoms with Gasteiger partial charge in [-0.05, 0) is 6.54 Å². The maximum absolute atomic E-state index is 5.18. The highest BCUT2D eigenvalue weighted by atomic mass is 16.6. The molecule has 0 atom stereocenters. The minimum Gasteiger partial charge on any atom is -0.372 e. The highest BCUT2D eigenvalue weighted by Gasteiger charge is 2.37. The lowest BCUT2D eigenvalue weighted by Gasteiger charge is -2.40. The van der Waals surface area contributed by atoms with E-state index in [0.717, 1.165) is 6.54 Å². The first-order chi connectivity index (χ1) is 4.33. The zero-order valence-corrected chi connectivity index (χ0v) is 5.94. The maximum Gasteiger partial charge on any atom is 0.165 e. The summed E-state index contributed by atoms with van der Waals surface area (Å²) < 4.78 is 10.2. The summed E-state index contributed by atoms with van der Waals surface area (Å²) in [6.45, 7) is 4.34. The van der Waals surface area contributed by atoms with Gasteiger partial charge in [-0.15, -0.1) is 0 Å². The van der Waals surface area contributed by atoms with Crippen LogP contribution in [0.2, 0.25) is 0 Å². The third kappa shape index (κ3) is 1.23. The van der Waals surface area contributed by atoms with Gasteiger partial charge in [0.2, 0.25) is 0 Å². The van der Waals surface area contributed by atoms with Gasteiger partial charge in [0.15, 0.2) is 5.72 Å². The van der Waals surface area contributed by atoms with Gasteiger partial charge in [0.25, 0.3) is 0 Å². The van der Waals surface area contributed by atoms with Gasteiger partial charge in [-0.3, -0.25) is 5.32 Å². The molecule has 0 unspecified atom stereocenters. The van der Waals surface area contributed by atoms with E-state index in [-0.39, 0.29) is 5.72 Å². The van der Waals surface area contributed by atoms with E-state index < -0.39 is 0 Å². The highest BCUT2D eigenvalue weighted by molar-refractivity contribution is 4.83. The van der Waals surface area contributed by atoms with E-state index in [1.54, 1.807) is 7.11 Å². The van der Waals surface area contributed by atoms with E-state index in [4.69, 9.17) is 9.47 Å². The lowest BCUT2D eigenvalue weighted by Crippen LogP contribution is -2.61. The molecule has 0 amide bonds. The van der Waals surface area contributed by atoms with Crippen molar-refractivity contribution in [2.45, 2.75) is 12.6 Å². The molecule has 9 heavy (non-hydrogen) atoms. The third-order valence-electron chi connectivity index (χ3n) is 1.56. The minimum absolute atomic E-state index is 0.158. The summed E-state index contributed by atoms with van der Waals surface area (Å²) in [5.74, 6) is 0. The van der Waals surface area contributed by atoms with Crippen molar-refractivity contribution < 1.29 is 9.47 Å². The van der Waals surface area contributed by atoms with Gasteiger partial charge in [0, 0.05) is 7.11 Å². The first-order valence-corrected chi connectivity index (χ1v) is 3.21. The number of nitrogens with one attached hydrogen (secondary N) is 1. The Bertz CT molecular complexity index is 85.5. The van der Waals surface area contributed by atoms with E-state index in [1.165, 1.54) is 0 Å². The maximum atomic E-state index is 5.18. The van der Waals surface area contributed by atoms with Crippen LogP contribution in [0.3, 0.4) is 0 Å². The van der Waals surface area contributed by atoms with E-state index in [0.29, 0.717) is 13.2 Å². The molecule has 3 nitrogen and oxygen atoms in total. The number of methoxy groups -OCH3 is 1. The number of likely N-dealkylation sites (N-methyl/N-ethyl adjacent to an activating group) is 1. The van der Waals surface area contributed by atoms with Crippen LogP contribution in [0.5, 0.6) is 0 Å². The smallest absolute Gasteiger partial charge is 0.165 e. The summed E-state index contributed by atoms with van der Waals surface area (Å²) in [4.78, 5) is 0. The predicted molar refractivity (Wildman–Crippen MR) is 34.2 cm³/mol. The lowest BCUT2D eigenvalue weighted by molar-refractivity contribution is -0.212. The Labute approximate surface area is 55.3 Å². The van der Waals surface area contributed by atoms with Crippen molar-refractivity contribution in [2.75, 3.05) is 26.9 Å². The topological polar surface area (TPSA) is 30.5 Å². The van der Waals surface area contributed by atoms with Gasteiger partial charge in [-0.25, -0.2) is 0 Å². The molecule has 1 fully saturated rings. The summed E-state index contributed by atoms with van der Waals surface area (Å²) in [5, 5.41) is 3.20. The summed E-state index contributed by atoms with van der Waals surface area (Å²) in [7, 11) is 1.70. The first-order valence-electron chi connectivity index (χ1n) is 3.21. The molecule has 0 bridgehead atoms. The molecular weight excluding hydrogens is 118 g/mol. The Kier molecular flexibility index (Phi) is 2.05. The van der Waals surface area contributed by atoms with Crippen LogP contribution in [0.1, 0.15) is 6.92 Å². The molecule has 0 aromatic rings. The lowest BCUT2D eigenvalue weighted by atomic mass is 10.2. The average Bonchev–Trinajstić information content (AvgIpc) is 1.79. The predicted octanol–water partition coefficient (Wildman–Crippen LogP) is -0.0312. The van der Waals surface area contributed by atoms with Crippen LogP contribution in [0, 0.1) is 0 Å². The standard InChI is InChI=1S/C6H13NO2/c1-3-7-6(8-2)4-9-5-6/h7H,3-5H2,1-2H3. The Morgan fingerprint density at radius 1 is 1.67 bits per heavy atom. The Hall–Kier alpha value is -0.120. The summed E-state index contributed by atoms with van der Waals surface area (Å²) in [6, 6.07) is 0. The SMILES string of the molecule is CCNC1(OC)COC1. The molecule has 1 rings (SSSR count). The van der Waals surface area contributed by atoms with Gasteiger partial charge >= 0.3 is 0 Å². The average molecular weight is 131 g/mol. The van der Waals surface area contributed by atoms with E-state index in [9.17, 15) is 0 Å². The fraction of sp³-hybridized carbons (Fsp3) is 1.00. The van der Waals surface area contributed by atoms with E-state index in [1.807, 2.05) is 0 Å². The van der Waals surface area contributed by atoms with E-state index in [2.05, 4.69) is 12.2 Å². The first kappa shape index (κ1) is 6.99. The fourth-order valence-corrected chi connectivity index (χ4v) is 0.902. The second kappa shape index (κ2) is 2.64. The van der Waals surface area contributed by atoms with Crippen molar-refractivity contribution in [3.8, 4) is 0 Å². The molecule has 0 radical (unpaired) electrons. The molecule has 1 heterocycles. The van der Waals surface area contributed by atoms with Crippen LogP contribution < -0.4 is 5.32 Å². The van der Waals surface area contributed by atoms with Gasteiger partial charge in [0.05, 0.1) is 13.2 Å². The van der Waals surface area contributed by atoms with Crippen LogP contribution >= 0.6 is 0 Å². The number of ether oxygens (including phenoxy) is 2. The fourth-order valence-electron chi connectivity index (χ4n) is 0.902. The zero-order chi connectivity index (χ0) is 6.74. The van der Waals surface area contributed by atoms with Crippen molar-refractivity contribution in [1.29, 1.82) is 0 Å². The van der Waals surface area contributed by atoms with Gasteiger partial charge in [-0.1, -0.05) is 6.92 Å². The molecule has 0 aromatic heterocycles. The normalized spacial score (nSPS) is 23.3. The Morgan fingerprint density at radius 2 is 2.33 bits per heavy atom. The second-order valence-electron chi connectivity index (χ2n) is 2.22. The second-order valence-corrected chi connectivity index (χ2v) is 2.22. The molecular formula is C6H13NO2. The van der Waals surface area contributed by atoms with Crippen molar-refractivity contribution >= 4 is 0 Å². The Morgan fingerprint density at radius 3 is 2.44 bits per heavy atom. The van der Waals surface area contributed by atoms with Crippen LogP contribution in [0.15, 0.2) is 0 Å². The molecule has 0 aromatic carbocycles. The van der Waals surface area contributed by atoms with Gasteiger partial charge in [0.1, 0.15) is 0 Å². The molecule has 0 saturated carbocycles. The van der Waals surface area contributed by atoms with Crippen LogP contribution in [0.25, 0.3) is 0 Å². The molecule has 1 saturated heterocycles. The summed E-state index contributed by atoms with van der Waals surface area (Å²) in [5.41, 5.74) is -0.158. The molecule has 1 N–H and O–H groups in total. The van der Waals surface area contributed by atoms with Crippen molar-refractivity contribution in [3.63, 3.8) is 0 Å². The quantitative estimate of drug-likeness (QED) is 0.545. The number of hydrogen-bond acceptors (Lipinski definition) is 3. The van der Waals surface area contributed by atoms with Crippen molar-refractivity contribution in [3.05, 3.63) is 0 Å². The number of rotatable bonds is 3. The molecule has 0 aliphatic carbocycles. The van der Waals surface area contributed by atoms with E-state index >= 15 is 0 Å². The van der Waals surface area contributed by atoms with Crippen molar-refractivity contribution in [1.82, 2.24) is 5.32 Å². The molecule has 1 aliphatic heterocycles. The largest absolute Gasteiger partial charge is 0.372 e. The highest BCUT2D eigenvalue weighted by Crippen LogP contribution is 2.16. The van der Waals surface area contributed by atoms with Gasteiger partial charge < -0.3 is 9.47 Å². The van der Waals surface area contributed by atoms with Crippen LogP contribution in [-0.4, -0.2) is 32.6 Å². The van der Waals surface area contributed by atoms with Crippen LogP contribution in [-0.2, 0) is 9.47 Å². The molecule has 1 aliphatic rings. The molecule has 54 valence electrons. The Balaban J connectivity index is 2.28. The molecule has 3 heteroatoms. The summed E-state index contributed by atoms with van der Waals surface area (Å²) in [6.07, 6.45) is 0. The third-order valence-corrected chi connectivity index (χ3v) is 1.56. The number of hydrogen-bond donors (Lipinski definition) is 1. The van der Waals surface area contributed by atoms with Crippen molar-refractivity contribution in [2.24, 2.45) is 0 Å². The van der Waals surface area contributed by atoms with Gasteiger partial charge in [-0.2, -0.15) is 0 Å². The minimum atomic E-state index is -0.158. The monoisotopic (exact) mass is 131 g/mol. The van der Waals surface area contributed by atoms with Crippen LogP contribution in [0.4, 0.5) is 0 Å². The summed E-state index contributed by atoms with van der Waals surface area (Å²) >= 11 is 0.